The Bertz CT molecular complexity index is 685. The maximum absolute atomic E-state index is 12.8. The highest BCUT2D eigenvalue weighted by Gasteiger charge is 2.38. The van der Waals surface area contributed by atoms with Gasteiger partial charge in [-0.05, 0) is 50.0 Å². The Kier molecular flexibility index (Phi) is 7.03. The lowest BCUT2D eigenvalue weighted by Crippen LogP contribution is -2.47. The van der Waals surface area contributed by atoms with E-state index in [2.05, 4.69) is 38.6 Å². The van der Waals surface area contributed by atoms with Crippen LogP contribution in [0.5, 0.6) is 0 Å². The fraction of sp³-hybridized carbons (Fsp3) is 0.667. The van der Waals surface area contributed by atoms with Crippen LogP contribution in [0.25, 0.3) is 0 Å². The van der Waals surface area contributed by atoms with E-state index in [4.69, 9.17) is 4.43 Å². The lowest BCUT2D eigenvalue weighted by Gasteiger charge is -2.37. The molecule has 144 valence electrons. The molecule has 0 fully saturated rings. The summed E-state index contributed by atoms with van der Waals surface area (Å²) in [6.07, 6.45) is 0. The van der Waals surface area contributed by atoms with Crippen LogP contribution in [-0.4, -0.2) is 41.1 Å². The summed E-state index contributed by atoms with van der Waals surface area (Å²) < 4.78 is 34.3. The third kappa shape index (κ3) is 5.62. The predicted molar refractivity (Wildman–Crippen MR) is 105 cm³/mol. The lowest BCUT2D eigenvalue weighted by molar-refractivity contribution is 0.187. The van der Waals surface area contributed by atoms with Gasteiger partial charge in [-0.3, -0.25) is 0 Å². The second-order valence-electron chi connectivity index (χ2n) is 8.30. The van der Waals surface area contributed by atoms with Gasteiger partial charge in [-0.15, -0.1) is 0 Å². The van der Waals surface area contributed by atoms with Gasteiger partial charge in [0.15, 0.2) is 8.32 Å². The summed E-state index contributed by atoms with van der Waals surface area (Å²) in [5, 5.41) is 9.65. The Hall–Kier alpha value is -0.733. The van der Waals surface area contributed by atoms with Gasteiger partial charge in [0.2, 0.25) is 10.0 Å². The van der Waals surface area contributed by atoms with Crippen molar-refractivity contribution in [2.75, 3.05) is 13.2 Å². The summed E-state index contributed by atoms with van der Waals surface area (Å²) in [6, 6.07) is 3.03. The monoisotopic (exact) mass is 387 g/mol. The first-order valence-corrected chi connectivity index (χ1v) is 13.0. The van der Waals surface area contributed by atoms with Crippen LogP contribution in [0.3, 0.4) is 0 Å². The second kappa shape index (κ2) is 7.88. The maximum Gasteiger partial charge on any atom is 0.241 e. The summed E-state index contributed by atoms with van der Waals surface area (Å²) in [4.78, 5) is 0.281. The quantitative estimate of drug-likeness (QED) is 0.704. The molecule has 0 amide bonds. The van der Waals surface area contributed by atoms with E-state index in [-0.39, 0.29) is 23.1 Å². The third-order valence-electron chi connectivity index (χ3n) is 4.87. The number of hydrogen-bond donors (Lipinski definition) is 2. The van der Waals surface area contributed by atoms with E-state index in [1.807, 2.05) is 19.1 Å². The van der Waals surface area contributed by atoms with Crippen LogP contribution in [0, 0.1) is 20.8 Å². The molecule has 0 aliphatic rings. The molecule has 0 aromatic heterocycles. The van der Waals surface area contributed by atoms with Gasteiger partial charge in [0.05, 0.1) is 24.2 Å². The van der Waals surface area contributed by atoms with Gasteiger partial charge in [0.1, 0.15) is 0 Å². The largest absolute Gasteiger partial charge is 0.415 e. The Balaban J connectivity index is 2.98. The van der Waals surface area contributed by atoms with Crippen LogP contribution in [0.4, 0.5) is 0 Å². The molecule has 1 aromatic carbocycles. The molecule has 0 spiro atoms. The molecule has 7 heteroatoms. The molecule has 5 nitrogen and oxygen atoms in total. The third-order valence-corrected chi connectivity index (χ3v) is 11.2. The SMILES string of the molecule is Cc1cc(C)c(S(=O)(=O)N[C@H](CO)CO[Si](C)(C)C(C)(C)C)c(C)c1. The zero-order valence-electron chi connectivity index (χ0n) is 16.7. The number of rotatable bonds is 7. The highest BCUT2D eigenvalue weighted by atomic mass is 32.2. The molecule has 0 unspecified atom stereocenters. The van der Waals surface area contributed by atoms with Crippen molar-refractivity contribution in [1.82, 2.24) is 4.72 Å². The van der Waals surface area contributed by atoms with E-state index in [9.17, 15) is 13.5 Å². The number of hydrogen-bond acceptors (Lipinski definition) is 4. The second-order valence-corrected chi connectivity index (χ2v) is 14.8. The number of aliphatic hydroxyl groups is 1. The Labute approximate surface area is 154 Å². The highest BCUT2D eigenvalue weighted by molar-refractivity contribution is 7.89. The van der Waals surface area contributed by atoms with Gasteiger partial charge in [-0.1, -0.05) is 38.5 Å². The van der Waals surface area contributed by atoms with Crippen molar-refractivity contribution >= 4 is 18.3 Å². The zero-order chi connectivity index (χ0) is 19.6. The van der Waals surface area contributed by atoms with Crippen molar-refractivity contribution < 1.29 is 18.0 Å². The summed E-state index contributed by atoms with van der Waals surface area (Å²) in [5.41, 5.74) is 2.42. The normalized spacial score (nSPS) is 14.6. The van der Waals surface area contributed by atoms with E-state index in [1.165, 1.54) is 0 Å². The van der Waals surface area contributed by atoms with E-state index < -0.39 is 24.4 Å². The molecular formula is C18H33NO4SSi. The molecule has 0 heterocycles. The predicted octanol–water partition coefficient (Wildman–Crippen LogP) is 3.27. The van der Waals surface area contributed by atoms with Gasteiger partial charge in [-0.25, -0.2) is 13.1 Å². The highest BCUT2D eigenvalue weighted by Crippen LogP contribution is 2.36. The minimum atomic E-state index is -3.73. The van der Waals surface area contributed by atoms with E-state index in [0.717, 1.165) is 5.56 Å². The van der Waals surface area contributed by atoms with Crippen LogP contribution in [0.1, 0.15) is 37.5 Å². The van der Waals surface area contributed by atoms with Gasteiger partial charge in [0.25, 0.3) is 0 Å². The molecular weight excluding hydrogens is 354 g/mol. The van der Waals surface area contributed by atoms with Crippen LogP contribution < -0.4 is 4.72 Å². The molecule has 0 aliphatic carbocycles. The molecule has 1 atom stereocenters. The molecule has 0 saturated heterocycles. The topological polar surface area (TPSA) is 75.6 Å². The zero-order valence-corrected chi connectivity index (χ0v) is 18.5. The van der Waals surface area contributed by atoms with Crippen LogP contribution in [0.2, 0.25) is 18.1 Å². The molecule has 2 N–H and O–H groups in total. The fourth-order valence-electron chi connectivity index (χ4n) is 2.52. The first-order chi connectivity index (χ1) is 11.2. The number of sulfonamides is 1. The maximum atomic E-state index is 12.8. The number of aliphatic hydroxyl groups excluding tert-OH is 1. The first-order valence-electron chi connectivity index (χ1n) is 8.56. The van der Waals surface area contributed by atoms with E-state index >= 15 is 0 Å². The Morgan fingerprint density at radius 1 is 1.16 bits per heavy atom. The Morgan fingerprint density at radius 2 is 1.64 bits per heavy atom. The van der Waals surface area contributed by atoms with E-state index in [1.54, 1.807) is 13.8 Å². The molecule has 1 rings (SSSR count). The van der Waals surface area contributed by atoms with Crippen molar-refractivity contribution in [3.8, 4) is 0 Å². The summed E-state index contributed by atoms with van der Waals surface area (Å²) in [5.74, 6) is 0. The minimum absolute atomic E-state index is 0.0238. The van der Waals surface area contributed by atoms with Crippen molar-refractivity contribution in [2.24, 2.45) is 0 Å². The van der Waals surface area contributed by atoms with Crippen LogP contribution in [-0.2, 0) is 14.4 Å². The van der Waals surface area contributed by atoms with Gasteiger partial charge >= 0.3 is 0 Å². The standard InChI is InChI=1S/C18H33NO4SSi/c1-13-9-14(2)17(15(3)10-13)24(21,22)19-16(11-20)12-23-25(7,8)18(4,5)6/h9-10,16,19-20H,11-12H2,1-8H3/t16-/m1/s1. The van der Waals surface area contributed by atoms with Gasteiger partial charge < -0.3 is 9.53 Å². The molecule has 0 bridgehead atoms. The fourth-order valence-corrected chi connectivity index (χ4v) is 5.23. The van der Waals surface area contributed by atoms with Gasteiger partial charge in [0, 0.05) is 0 Å². The van der Waals surface area contributed by atoms with E-state index in [0.29, 0.717) is 11.1 Å². The smallest absolute Gasteiger partial charge is 0.241 e. The molecule has 0 saturated carbocycles. The number of aryl methyl sites for hydroxylation is 3. The summed E-state index contributed by atoms with van der Waals surface area (Å²) in [6.45, 7) is 15.9. The minimum Gasteiger partial charge on any atom is -0.415 e. The van der Waals surface area contributed by atoms with Crippen molar-refractivity contribution in [1.29, 1.82) is 0 Å². The average molecular weight is 388 g/mol. The lowest BCUT2D eigenvalue weighted by atomic mass is 10.1. The Morgan fingerprint density at radius 3 is 2.04 bits per heavy atom. The summed E-state index contributed by atoms with van der Waals surface area (Å²) in [7, 11) is -5.74. The molecule has 1 aromatic rings. The number of benzene rings is 1. The molecule has 0 radical (unpaired) electrons. The molecule has 25 heavy (non-hydrogen) atoms. The summed E-state index contributed by atoms with van der Waals surface area (Å²) >= 11 is 0. The number of nitrogens with one attached hydrogen (secondary N) is 1. The van der Waals surface area contributed by atoms with Crippen molar-refractivity contribution in [3.63, 3.8) is 0 Å². The average Bonchev–Trinajstić information content (AvgIpc) is 2.40. The first kappa shape index (κ1) is 22.3. The van der Waals surface area contributed by atoms with Crippen molar-refractivity contribution in [3.05, 3.63) is 28.8 Å². The molecule has 0 aliphatic heterocycles. The van der Waals surface area contributed by atoms with Crippen molar-refractivity contribution in [2.45, 2.75) is 70.6 Å². The van der Waals surface area contributed by atoms with Crippen LogP contribution in [0.15, 0.2) is 17.0 Å². The van der Waals surface area contributed by atoms with Gasteiger partial charge in [-0.2, -0.15) is 0 Å². The van der Waals surface area contributed by atoms with Crippen LogP contribution >= 0.6 is 0 Å².